The van der Waals surface area contributed by atoms with Gasteiger partial charge in [-0.2, -0.15) is 10.2 Å². The molecule has 0 saturated heterocycles. The normalized spacial score (nSPS) is 21.8. The van der Waals surface area contributed by atoms with Gasteiger partial charge < -0.3 is 0 Å². The van der Waals surface area contributed by atoms with E-state index < -0.39 is 0 Å². The van der Waals surface area contributed by atoms with Gasteiger partial charge in [-0.3, -0.25) is 0 Å². The zero-order valence-corrected chi connectivity index (χ0v) is 10.8. The van der Waals surface area contributed by atoms with Crippen LogP contribution in [0.3, 0.4) is 0 Å². The Morgan fingerprint density at radius 3 is 2.21 bits per heavy atom. The van der Waals surface area contributed by atoms with E-state index in [9.17, 15) is 4.39 Å². The molecule has 2 unspecified atom stereocenters. The van der Waals surface area contributed by atoms with Gasteiger partial charge >= 0.3 is 0 Å². The lowest BCUT2D eigenvalue weighted by Crippen LogP contribution is -1.97. The average molecular weight is 276 g/mol. The summed E-state index contributed by atoms with van der Waals surface area (Å²) in [5.41, 5.74) is 1.98. The number of hydrogen-bond acceptors (Lipinski definition) is 3. The molecular formula is C14H11ClFN3. The summed E-state index contributed by atoms with van der Waals surface area (Å²) in [5.74, 6) is -0.239. The van der Waals surface area contributed by atoms with Gasteiger partial charge in [-0.15, -0.1) is 0 Å². The standard InChI is InChI=1S/C14H11ClFN3/c15-14-6-3-10(8-17-14)13-7-12(18-19-13)9-1-4-11(16)5-2-9/h1-6,8,12-13H,7H2. The number of nitrogens with zero attached hydrogens (tertiary/aromatic N) is 3. The number of hydrogen-bond donors (Lipinski definition) is 0. The van der Waals surface area contributed by atoms with E-state index >= 15 is 0 Å². The molecule has 1 aromatic heterocycles. The van der Waals surface area contributed by atoms with Crippen molar-refractivity contribution in [3.8, 4) is 0 Å². The van der Waals surface area contributed by atoms with Crippen molar-refractivity contribution in [3.05, 3.63) is 64.7 Å². The second-order valence-electron chi connectivity index (χ2n) is 4.46. The van der Waals surface area contributed by atoms with Crippen LogP contribution in [0.1, 0.15) is 29.6 Å². The minimum absolute atomic E-state index is 0.000167. The first-order valence-corrected chi connectivity index (χ1v) is 6.37. The Kier molecular flexibility index (Phi) is 3.25. The van der Waals surface area contributed by atoms with Crippen LogP contribution >= 0.6 is 11.6 Å². The molecule has 2 atom stereocenters. The van der Waals surface area contributed by atoms with Crippen LogP contribution in [0.25, 0.3) is 0 Å². The highest BCUT2D eigenvalue weighted by Crippen LogP contribution is 2.38. The molecule has 0 spiro atoms. The van der Waals surface area contributed by atoms with E-state index in [0.29, 0.717) is 5.15 Å². The lowest BCUT2D eigenvalue weighted by atomic mass is 9.98. The third kappa shape index (κ3) is 2.63. The lowest BCUT2D eigenvalue weighted by molar-refractivity contribution is 0.621. The maximum absolute atomic E-state index is 12.9. The highest BCUT2D eigenvalue weighted by Gasteiger charge is 2.25. The quantitative estimate of drug-likeness (QED) is 0.743. The largest absolute Gasteiger partial charge is 0.244 e. The highest BCUT2D eigenvalue weighted by atomic mass is 35.5. The summed E-state index contributed by atoms with van der Waals surface area (Å²) in [6.07, 6.45) is 2.49. The van der Waals surface area contributed by atoms with E-state index in [0.717, 1.165) is 17.5 Å². The van der Waals surface area contributed by atoms with Crippen LogP contribution in [-0.4, -0.2) is 4.98 Å². The Bertz CT molecular complexity index is 542. The van der Waals surface area contributed by atoms with Gasteiger partial charge in [0.1, 0.15) is 11.0 Å². The van der Waals surface area contributed by atoms with Gasteiger partial charge in [0.25, 0.3) is 0 Å². The SMILES string of the molecule is Fc1ccc(C2CC(c3ccc(Cl)nc3)N=N2)cc1. The fourth-order valence-electron chi connectivity index (χ4n) is 2.14. The molecule has 96 valence electrons. The fraction of sp³-hybridized carbons (Fsp3) is 0.214. The molecule has 0 N–H and O–H groups in total. The second-order valence-corrected chi connectivity index (χ2v) is 4.85. The molecule has 0 radical (unpaired) electrons. The highest BCUT2D eigenvalue weighted by molar-refractivity contribution is 6.29. The minimum atomic E-state index is -0.239. The first-order chi connectivity index (χ1) is 9.22. The summed E-state index contributed by atoms with van der Waals surface area (Å²) in [7, 11) is 0. The third-order valence-electron chi connectivity index (χ3n) is 3.18. The van der Waals surface area contributed by atoms with Crippen molar-refractivity contribution in [1.82, 2.24) is 4.98 Å². The maximum atomic E-state index is 12.9. The predicted octanol–water partition coefficient (Wildman–Crippen LogP) is 4.51. The van der Waals surface area contributed by atoms with E-state index in [4.69, 9.17) is 11.6 Å². The van der Waals surface area contributed by atoms with E-state index in [1.807, 2.05) is 6.07 Å². The molecule has 5 heteroatoms. The predicted molar refractivity (Wildman–Crippen MR) is 70.6 cm³/mol. The number of aromatic nitrogens is 1. The molecule has 0 amide bonds. The molecule has 1 aliphatic rings. The maximum Gasteiger partial charge on any atom is 0.129 e. The molecule has 19 heavy (non-hydrogen) atoms. The lowest BCUT2D eigenvalue weighted by Gasteiger charge is -2.08. The van der Waals surface area contributed by atoms with Gasteiger partial charge in [-0.1, -0.05) is 29.8 Å². The molecule has 2 aromatic rings. The van der Waals surface area contributed by atoms with Crippen molar-refractivity contribution in [2.75, 3.05) is 0 Å². The van der Waals surface area contributed by atoms with E-state index in [-0.39, 0.29) is 17.9 Å². The second kappa shape index (κ2) is 5.05. The van der Waals surface area contributed by atoms with Crippen LogP contribution in [0.2, 0.25) is 5.15 Å². The zero-order valence-electron chi connectivity index (χ0n) is 10.0. The Balaban J connectivity index is 1.76. The van der Waals surface area contributed by atoms with Crippen LogP contribution in [-0.2, 0) is 0 Å². The number of rotatable bonds is 2. The van der Waals surface area contributed by atoms with Crippen LogP contribution in [0.5, 0.6) is 0 Å². The van der Waals surface area contributed by atoms with E-state index in [1.165, 1.54) is 12.1 Å². The van der Waals surface area contributed by atoms with Gasteiger partial charge in [0.15, 0.2) is 0 Å². The summed E-state index contributed by atoms with van der Waals surface area (Å²) in [6, 6.07) is 10.0. The van der Waals surface area contributed by atoms with Gasteiger partial charge in [0, 0.05) is 12.6 Å². The molecule has 3 rings (SSSR count). The van der Waals surface area contributed by atoms with Gasteiger partial charge in [0.2, 0.25) is 0 Å². The number of benzene rings is 1. The summed E-state index contributed by atoms with van der Waals surface area (Å²) in [4.78, 5) is 4.05. The fourth-order valence-corrected chi connectivity index (χ4v) is 2.25. The first-order valence-electron chi connectivity index (χ1n) is 5.99. The van der Waals surface area contributed by atoms with Crippen molar-refractivity contribution in [2.24, 2.45) is 10.2 Å². The Labute approximate surface area is 115 Å². The van der Waals surface area contributed by atoms with Crippen LogP contribution in [0.4, 0.5) is 4.39 Å². The van der Waals surface area contributed by atoms with Crippen molar-refractivity contribution in [3.63, 3.8) is 0 Å². The third-order valence-corrected chi connectivity index (χ3v) is 3.41. The van der Waals surface area contributed by atoms with Crippen molar-refractivity contribution in [2.45, 2.75) is 18.5 Å². The molecule has 3 nitrogen and oxygen atoms in total. The summed E-state index contributed by atoms with van der Waals surface area (Å²) >= 11 is 5.76. The monoisotopic (exact) mass is 275 g/mol. The molecule has 2 heterocycles. The van der Waals surface area contributed by atoms with Crippen molar-refractivity contribution in [1.29, 1.82) is 0 Å². The summed E-state index contributed by atoms with van der Waals surface area (Å²) in [6.45, 7) is 0. The van der Waals surface area contributed by atoms with Crippen molar-refractivity contribution < 1.29 is 4.39 Å². The molecule has 0 aliphatic carbocycles. The number of pyridine rings is 1. The van der Waals surface area contributed by atoms with Crippen molar-refractivity contribution >= 4 is 11.6 Å². The van der Waals surface area contributed by atoms with E-state index in [2.05, 4.69) is 15.2 Å². The Morgan fingerprint density at radius 2 is 1.58 bits per heavy atom. The zero-order chi connectivity index (χ0) is 13.2. The van der Waals surface area contributed by atoms with Crippen LogP contribution < -0.4 is 0 Å². The Morgan fingerprint density at radius 1 is 0.947 bits per heavy atom. The molecule has 1 aliphatic heterocycles. The van der Waals surface area contributed by atoms with Gasteiger partial charge in [0.05, 0.1) is 12.1 Å². The number of halogens is 2. The summed E-state index contributed by atoms with van der Waals surface area (Å²) < 4.78 is 12.9. The topological polar surface area (TPSA) is 37.6 Å². The molecule has 1 aromatic carbocycles. The number of azo groups is 1. The smallest absolute Gasteiger partial charge is 0.129 e. The molecular weight excluding hydrogens is 265 g/mol. The molecule has 0 saturated carbocycles. The van der Waals surface area contributed by atoms with Gasteiger partial charge in [-0.05, 0) is 29.3 Å². The van der Waals surface area contributed by atoms with Crippen LogP contribution in [0, 0.1) is 5.82 Å². The minimum Gasteiger partial charge on any atom is -0.244 e. The van der Waals surface area contributed by atoms with E-state index in [1.54, 1.807) is 24.4 Å². The van der Waals surface area contributed by atoms with Gasteiger partial charge in [-0.25, -0.2) is 9.37 Å². The van der Waals surface area contributed by atoms with Crippen LogP contribution in [0.15, 0.2) is 52.8 Å². The Hall–Kier alpha value is -1.81. The molecule has 0 bridgehead atoms. The first kappa shape index (κ1) is 12.2. The molecule has 0 fully saturated rings. The summed E-state index contributed by atoms with van der Waals surface area (Å²) in [5, 5.41) is 8.99. The average Bonchev–Trinajstić information content (AvgIpc) is 2.90.